The zero-order chi connectivity index (χ0) is 15.1. The van der Waals surface area contributed by atoms with Gasteiger partial charge in [-0.3, -0.25) is 0 Å². The molecule has 1 aliphatic heterocycles. The van der Waals surface area contributed by atoms with Crippen LogP contribution < -0.4 is 0 Å². The number of likely N-dealkylation sites (tertiary alicyclic amines) is 1. The zero-order valence-electron chi connectivity index (χ0n) is 11.3. The fourth-order valence-electron chi connectivity index (χ4n) is 2.04. The summed E-state index contributed by atoms with van der Waals surface area (Å²) in [5.41, 5.74) is 9.12. The lowest BCUT2D eigenvalue weighted by Crippen LogP contribution is -2.31. The van der Waals surface area contributed by atoms with Gasteiger partial charge in [-0.2, -0.15) is 4.79 Å². The van der Waals surface area contributed by atoms with Crippen molar-refractivity contribution in [3.63, 3.8) is 0 Å². The highest BCUT2D eigenvalue weighted by atomic mass is 16.6. The first-order chi connectivity index (χ1) is 10.2. The lowest BCUT2D eigenvalue weighted by molar-refractivity contribution is -0.143. The second kappa shape index (κ2) is 7.21. The quantitative estimate of drug-likeness (QED) is 0.361. The van der Waals surface area contributed by atoms with Crippen molar-refractivity contribution in [1.29, 1.82) is 0 Å². The Morgan fingerprint density at radius 2 is 2.14 bits per heavy atom. The molecular formula is C14H15N3O4. The average Bonchev–Trinajstić information content (AvgIpc) is 2.94. The standard InChI is InChI=1S/C14H15N3O4/c15-16-8-13(18)21-12-6-7-17(9-12)14(19)20-10-11-4-2-1-3-5-11/h1-5,8,12H,6-7,9-10H2/t12-/m0/s1. The lowest BCUT2D eigenvalue weighted by atomic mass is 10.2. The van der Waals surface area contributed by atoms with Gasteiger partial charge in [0.15, 0.2) is 0 Å². The molecule has 1 aromatic rings. The molecule has 0 bridgehead atoms. The van der Waals surface area contributed by atoms with Crippen LogP contribution in [0.1, 0.15) is 12.0 Å². The van der Waals surface area contributed by atoms with Crippen molar-refractivity contribution in [3.05, 3.63) is 41.4 Å². The average molecular weight is 289 g/mol. The Kier molecular flexibility index (Phi) is 5.06. The molecule has 1 aromatic carbocycles. The maximum absolute atomic E-state index is 11.9. The fourth-order valence-corrected chi connectivity index (χ4v) is 2.04. The van der Waals surface area contributed by atoms with Crippen LogP contribution in [0.4, 0.5) is 4.79 Å². The Bertz CT molecular complexity index is 555. The van der Waals surface area contributed by atoms with E-state index in [1.54, 1.807) is 0 Å². The summed E-state index contributed by atoms with van der Waals surface area (Å²) in [6.45, 7) is 0.943. The molecule has 0 aromatic heterocycles. The maximum atomic E-state index is 11.9. The van der Waals surface area contributed by atoms with Gasteiger partial charge in [0, 0.05) is 13.0 Å². The number of ether oxygens (including phenoxy) is 2. The van der Waals surface area contributed by atoms with Gasteiger partial charge in [0.05, 0.1) is 6.54 Å². The summed E-state index contributed by atoms with van der Waals surface area (Å²) in [7, 11) is 0. The van der Waals surface area contributed by atoms with Crippen LogP contribution in [0.15, 0.2) is 30.3 Å². The molecule has 1 fully saturated rings. The number of hydrogen-bond acceptors (Lipinski definition) is 4. The largest absolute Gasteiger partial charge is 0.452 e. The number of rotatable bonds is 4. The van der Waals surface area contributed by atoms with Gasteiger partial charge in [-0.1, -0.05) is 30.3 Å². The summed E-state index contributed by atoms with van der Waals surface area (Å²) >= 11 is 0. The van der Waals surface area contributed by atoms with Crippen LogP contribution in [0, 0.1) is 0 Å². The second-order valence-electron chi connectivity index (χ2n) is 4.58. The van der Waals surface area contributed by atoms with Gasteiger partial charge in [0.2, 0.25) is 0 Å². The van der Waals surface area contributed by atoms with Gasteiger partial charge in [-0.25, -0.2) is 9.59 Å². The van der Waals surface area contributed by atoms with Gasteiger partial charge in [-0.15, -0.1) is 0 Å². The van der Waals surface area contributed by atoms with E-state index in [1.807, 2.05) is 30.3 Å². The van der Waals surface area contributed by atoms with E-state index in [0.29, 0.717) is 19.2 Å². The lowest BCUT2D eigenvalue weighted by Gasteiger charge is -2.16. The van der Waals surface area contributed by atoms with Gasteiger partial charge in [-0.05, 0) is 5.56 Å². The Morgan fingerprint density at radius 1 is 1.38 bits per heavy atom. The molecule has 0 N–H and O–H groups in total. The van der Waals surface area contributed by atoms with Crippen LogP contribution in [-0.4, -0.2) is 47.2 Å². The number of hydrogen-bond donors (Lipinski definition) is 0. The first kappa shape index (κ1) is 14.7. The number of carbonyl (C=O) groups excluding carboxylic acids is 2. The molecular weight excluding hydrogens is 274 g/mol. The highest BCUT2D eigenvalue weighted by Crippen LogP contribution is 2.14. The molecule has 0 unspecified atom stereocenters. The van der Waals surface area contributed by atoms with Crippen molar-refractivity contribution >= 4 is 18.3 Å². The van der Waals surface area contributed by atoms with E-state index >= 15 is 0 Å². The van der Waals surface area contributed by atoms with Crippen LogP contribution in [0.3, 0.4) is 0 Å². The molecule has 0 aliphatic carbocycles. The summed E-state index contributed by atoms with van der Waals surface area (Å²) in [4.78, 5) is 27.1. The van der Waals surface area contributed by atoms with Gasteiger partial charge in [0.1, 0.15) is 12.7 Å². The van der Waals surface area contributed by atoms with Crippen LogP contribution in [0.25, 0.3) is 5.53 Å². The number of benzene rings is 1. The molecule has 7 nitrogen and oxygen atoms in total. The summed E-state index contributed by atoms with van der Waals surface area (Å²) in [6.07, 6.45) is 0.370. The highest BCUT2D eigenvalue weighted by Gasteiger charge is 2.30. The minimum absolute atomic E-state index is 0.206. The van der Waals surface area contributed by atoms with E-state index < -0.39 is 18.2 Å². The highest BCUT2D eigenvalue weighted by molar-refractivity contribution is 6.20. The minimum Gasteiger partial charge on any atom is -0.452 e. The third kappa shape index (κ3) is 4.43. The second-order valence-corrected chi connectivity index (χ2v) is 4.58. The third-order valence-corrected chi connectivity index (χ3v) is 3.05. The van der Waals surface area contributed by atoms with E-state index in [9.17, 15) is 9.59 Å². The number of amides is 1. The Hall–Kier alpha value is -2.66. The SMILES string of the molecule is [N-]=[N+]=CC(=O)O[C@H]1CCN(C(=O)OCc2ccccc2)C1. The van der Waals surface area contributed by atoms with Crippen molar-refractivity contribution < 1.29 is 23.9 Å². The molecule has 1 aliphatic rings. The van der Waals surface area contributed by atoms with Crippen molar-refractivity contribution in [1.82, 2.24) is 4.90 Å². The molecule has 1 heterocycles. The first-order valence-corrected chi connectivity index (χ1v) is 6.52. The molecule has 1 saturated heterocycles. The number of nitrogens with zero attached hydrogens (tertiary/aromatic N) is 3. The van der Waals surface area contributed by atoms with Crippen LogP contribution >= 0.6 is 0 Å². The van der Waals surface area contributed by atoms with E-state index in [4.69, 9.17) is 15.0 Å². The number of esters is 1. The van der Waals surface area contributed by atoms with Crippen molar-refractivity contribution in [3.8, 4) is 0 Å². The molecule has 2 rings (SSSR count). The fraction of sp³-hybridized carbons (Fsp3) is 0.357. The predicted molar refractivity (Wildman–Crippen MR) is 72.4 cm³/mol. The summed E-state index contributed by atoms with van der Waals surface area (Å²) < 4.78 is 10.2. The zero-order valence-corrected chi connectivity index (χ0v) is 11.3. The van der Waals surface area contributed by atoms with Crippen LogP contribution in [-0.2, 0) is 20.9 Å². The minimum atomic E-state index is -0.734. The van der Waals surface area contributed by atoms with E-state index in [0.717, 1.165) is 5.56 Å². The van der Waals surface area contributed by atoms with Gasteiger partial charge in [0.25, 0.3) is 0 Å². The van der Waals surface area contributed by atoms with Crippen molar-refractivity contribution in [2.75, 3.05) is 13.1 Å². The van der Waals surface area contributed by atoms with E-state index in [1.165, 1.54) is 4.90 Å². The molecule has 21 heavy (non-hydrogen) atoms. The Labute approximate surface area is 121 Å². The van der Waals surface area contributed by atoms with Gasteiger partial charge >= 0.3 is 18.3 Å². The summed E-state index contributed by atoms with van der Waals surface area (Å²) in [5, 5.41) is 0. The molecule has 1 amide bonds. The van der Waals surface area contributed by atoms with Crippen molar-refractivity contribution in [2.45, 2.75) is 19.1 Å². The maximum Gasteiger partial charge on any atom is 0.413 e. The third-order valence-electron chi connectivity index (χ3n) is 3.05. The summed E-state index contributed by atoms with van der Waals surface area (Å²) in [5.74, 6) is -0.734. The Balaban J connectivity index is 1.77. The molecule has 0 radical (unpaired) electrons. The van der Waals surface area contributed by atoms with Crippen LogP contribution in [0.2, 0.25) is 0 Å². The Morgan fingerprint density at radius 3 is 2.86 bits per heavy atom. The molecule has 0 spiro atoms. The van der Waals surface area contributed by atoms with Crippen molar-refractivity contribution in [2.24, 2.45) is 0 Å². The monoisotopic (exact) mass is 289 g/mol. The van der Waals surface area contributed by atoms with E-state index in [-0.39, 0.29) is 13.2 Å². The first-order valence-electron chi connectivity index (χ1n) is 6.52. The molecule has 7 heteroatoms. The van der Waals surface area contributed by atoms with Crippen LogP contribution in [0.5, 0.6) is 0 Å². The predicted octanol–water partition coefficient (Wildman–Crippen LogP) is 1.24. The topological polar surface area (TPSA) is 92.2 Å². The van der Waals surface area contributed by atoms with E-state index in [2.05, 4.69) is 4.79 Å². The smallest absolute Gasteiger partial charge is 0.413 e. The molecule has 1 atom stereocenters. The molecule has 110 valence electrons. The van der Waals surface area contributed by atoms with Gasteiger partial charge < -0.3 is 19.9 Å². The molecule has 0 saturated carbocycles. The number of carbonyl (C=O) groups is 2. The normalized spacial score (nSPS) is 17.0. The summed E-state index contributed by atoms with van der Waals surface area (Å²) in [6, 6.07) is 9.38.